The lowest BCUT2D eigenvalue weighted by Gasteiger charge is -2.07. The Bertz CT molecular complexity index is 293. The topological polar surface area (TPSA) is 58.9 Å². The molecule has 0 aromatic carbocycles. The van der Waals surface area contributed by atoms with E-state index in [4.69, 9.17) is 28.3 Å². The van der Waals surface area contributed by atoms with Crippen LogP contribution in [0.25, 0.3) is 0 Å². The third-order valence-corrected chi connectivity index (χ3v) is 2.77. The third-order valence-electron chi connectivity index (χ3n) is 1.40. The minimum absolute atomic E-state index is 0.0868. The maximum atomic E-state index is 8.71. The normalized spacial score (nSPS) is 12.9. The van der Waals surface area contributed by atoms with Crippen molar-refractivity contribution in [3.8, 4) is 0 Å². The van der Waals surface area contributed by atoms with Crippen molar-refractivity contribution in [1.82, 2.24) is 15.0 Å². The number of aromatic nitrogens is 3. The highest BCUT2D eigenvalue weighted by atomic mass is 35.5. The van der Waals surface area contributed by atoms with Crippen molar-refractivity contribution in [2.24, 2.45) is 0 Å². The van der Waals surface area contributed by atoms with Gasteiger partial charge in [-0.25, -0.2) is 0 Å². The van der Waals surface area contributed by atoms with Gasteiger partial charge < -0.3 is 5.11 Å². The predicted octanol–water partition coefficient (Wildman–Crippen LogP) is 2.04. The summed E-state index contributed by atoms with van der Waals surface area (Å²) in [6.07, 6.45) is 0.672. The number of nitrogens with zero attached hydrogens (tertiary/aromatic N) is 3. The van der Waals surface area contributed by atoms with Crippen LogP contribution in [0.15, 0.2) is 5.16 Å². The monoisotopic (exact) mass is 253 g/mol. The van der Waals surface area contributed by atoms with E-state index in [9.17, 15) is 0 Å². The Kier molecular flexibility index (Phi) is 4.88. The van der Waals surface area contributed by atoms with Crippen molar-refractivity contribution >= 4 is 35.0 Å². The van der Waals surface area contributed by atoms with E-state index in [0.717, 1.165) is 0 Å². The maximum absolute atomic E-state index is 8.71. The molecule has 7 heteroatoms. The zero-order valence-electron chi connectivity index (χ0n) is 7.44. The fourth-order valence-electron chi connectivity index (χ4n) is 0.782. The van der Waals surface area contributed by atoms with Crippen molar-refractivity contribution in [2.45, 2.75) is 23.8 Å². The summed E-state index contributed by atoms with van der Waals surface area (Å²) in [6, 6.07) is 0. The van der Waals surface area contributed by atoms with Gasteiger partial charge in [-0.2, -0.15) is 15.0 Å². The first-order chi connectivity index (χ1) is 6.61. The Labute approximate surface area is 96.1 Å². The van der Waals surface area contributed by atoms with E-state index >= 15 is 0 Å². The summed E-state index contributed by atoms with van der Waals surface area (Å²) in [7, 11) is 0. The Balaban J connectivity index is 2.66. The summed E-state index contributed by atoms with van der Waals surface area (Å²) >= 11 is 12.6. The highest BCUT2D eigenvalue weighted by Crippen LogP contribution is 2.22. The Morgan fingerprint density at radius 1 is 1.29 bits per heavy atom. The van der Waals surface area contributed by atoms with Crippen LogP contribution in [0.1, 0.15) is 13.3 Å². The molecule has 4 nitrogen and oxygen atoms in total. The van der Waals surface area contributed by atoms with Crippen LogP contribution in [0.3, 0.4) is 0 Å². The number of rotatable bonds is 4. The van der Waals surface area contributed by atoms with Crippen molar-refractivity contribution in [1.29, 1.82) is 0 Å². The molecule has 1 rings (SSSR count). The molecule has 1 N–H and O–H groups in total. The number of hydrogen-bond acceptors (Lipinski definition) is 5. The minimum Gasteiger partial charge on any atom is -0.396 e. The van der Waals surface area contributed by atoms with Gasteiger partial charge in [0.2, 0.25) is 10.6 Å². The first-order valence-corrected chi connectivity index (χ1v) is 5.60. The van der Waals surface area contributed by atoms with Gasteiger partial charge in [0.05, 0.1) is 0 Å². The first-order valence-electron chi connectivity index (χ1n) is 3.96. The van der Waals surface area contributed by atoms with Gasteiger partial charge in [-0.15, -0.1) is 0 Å². The average Bonchev–Trinajstić information content (AvgIpc) is 2.01. The summed E-state index contributed by atoms with van der Waals surface area (Å²) in [5.41, 5.74) is 0. The molecule has 14 heavy (non-hydrogen) atoms. The van der Waals surface area contributed by atoms with Gasteiger partial charge in [0, 0.05) is 11.9 Å². The lowest BCUT2D eigenvalue weighted by Crippen LogP contribution is -2.02. The van der Waals surface area contributed by atoms with Crippen LogP contribution in [0.5, 0.6) is 0 Å². The molecule has 0 bridgehead atoms. The largest absolute Gasteiger partial charge is 0.396 e. The molecule has 1 atom stereocenters. The highest BCUT2D eigenvalue weighted by Gasteiger charge is 2.08. The standard InChI is InChI=1S/C7H9Cl2N3OS/c1-4(2-3-13)14-7-11-5(8)10-6(9)12-7/h4,13H,2-3H2,1H3. The van der Waals surface area contributed by atoms with E-state index in [2.05, 4.69) is 15.0 Å². The van der Waals surface area contributed by atoms with Gasteiger partial charge in [0.25, 0.3) is 0 Å². The molecule has 1 aromatic rings. The Morgan fingerprint density at radius 3 is 2.36 bits per heavy atom. The number of hydrogen-bond donors (Lipinski definition) is 1. The third kappa shape index (κ3) is 3.96. The molecule has 1 unspecified atom stereocenters. The zero-order chi connectivity index (χ0) is 10.6. The van der Waals surface area contributed by atoms with Gasteiger partial charge in [-0.3, -0.25) is 0 Å². The van der Waals surface area contributed by atoms with E-state index < -0.39 is 0 Å². The molecule has 0 amide bonds. The quantitative estimate of drug-likeness (QED) is 0.833. The fraction of sp³-hybridized carbons (Fsp3) is 0.571. The molecule has 0 spiro atoms. The molecule has 0 saturated carbocycles. The summed E-state index contributed by atoms with van der Waals surface area (Å²) in [5.74, 6) is 0. The van der Waals surface area contributed by atoms with Gasteiger partial charge in [0.1, 0.15) is 0 Å². The van der Waals surface area contributed by atoms with Gasteiger partial charge in [-0.05, 0) is 29.6 Å². The summed E-state index contributed by atoms with van der Waals surface area (Å²) in [5, 5.41) is 9.58. The molecule has 78 valence electrons. The zero-order valence-corrected chi connectivity index (χ0v) is 9.77. The molecule has 0 aliphatic carbocycles. The van der Waals surface area contributed by atoms with Gasteiger partial charge >= 0.3 is 0 Å². The van der Waals surface area contributed by atoms with Crippen LogP contribution in [-0.2, 0) is 0 Å². The SMILES string of the molecule is CC(CCO)Sc1nc(Cl)nc(Cl)n1. The van der Waals surface area contributed by atoms with E-state index in [1.807, 2.05) is 6.92 Å². The molecule has 0 aliphatic heterocycles. The van der Waals surface area contributed by atoms with Gasteiger partial charge in [-0.1, -0.05) is 18.7 Å². The molecule has 1 aromatic heterocycles. The van der Waals surface area contributed by atoms with E-state index in [1.165, 1.54) is 11.8 Å². The first kappa shape index (κ1) is 12.0. The second-order valence-electron chi connectivity index (χ2n) is 2.60. The predicted molar refractivity (Wildman–Crippen MR) is 56.9 cm³/mol. The lowest BCUT2D eigenvalue weighted by atomic mass is 10.4. The van der Waals surface area contributed by atoms with E-state index in [1.54, 1.807) is 0 Å². The second kappa shape index (κ2) is 5.70. The summed E-state index contributed by atoms with van der Waals surface area (Å²) in [6.45, 7) is 2.10. The molecular weight excluding hydrogens is 245 g/mol. The average molecular weight is 254 g/mol. The lowest BCUT2D eigenvalue weighted by molar-refractivity contribution is 0.289. The summed E-state index contributed by atoms with van der Waals surface area (Å²) < 4.78 is 0. The van der Waals surface area contributed by atoms with Crippen LogP contribution in [0.4, 0.5) is 0 Å². The Morgan fingerprint density at radius 2 is 1.86 bits per heavy atom. The molecule has 0 aliphatic rings. The van der Waals surface area contributed by atoms with Crippen LogP contribution < -0.4 is 0 Å². The summed E-state index contributed by atoms with van der Waals surface area (Å²) in [4.78, 5) is 11.4. The maximum Gasteiger partial charge on any atom is 0.227 e. The van der Waals surface area contributed by atoms with E-state index in [0.29, 0.717) is 11.6 Å². The smallest absolute Gasteiger partial charge is 0.227 e. The molecular formula is C7H9Cl2N3OS. The number of aliphatic hydroxyl groups is 1. The van der Waals surface area contributed by atoms with Gasteiger partial charge in [0.15, 0.2) is 5.16 Å². The van der Waals surface area contributed by atoms with Crippen LogP contribution >= 0.6 is 35.0 Å². The second-order valence-corrected chi connectivity index (χ2v) is 4.68. The fourth-order valence-corrected chi connectivity index (χ4v) is 2.11. The number of thioether (sulfide) groups is 1. The van der Waals surface area contributed by atoms with E-state index in [-0.39, 0.29) is 22.4 Å². The molecule has 0 radical (unpaired) electrons. The van der Waals surface area contributed by atoms with Crippen LogP contribution in [0.2, 0.25) is 10.6 Å². The molecule has 0 saturated heterocycles. The number of aliphatic hydroxyl groups excluding tert-OH is 1. The Hall–Kier alpha value is -0.100. The number of halogens is 2. The van der Waals surface area contributed by atoms with Crippen LogP contribution in [0, 0.1) is 0 Å². The minimum atomic E-state index is 0.0868. The molecule has 1 heterocycles. The molecule has 0 fully saturated rings. The van der Waals surface area contributed by atoms with Crippen molar-refractivity contribution in [3.63, 3.8) is 0 Å². The highest BCUT2D eigenvalue weighted by molar-refractivity contribution is 7.99. The van der Waals surface area contributed by atoms with Crippen molar-refractivity contribution in [2.75, 3.05) is 6.61 Å². The van der Waals surface area contributed by atoms with Crippen molar-refractivity contribution in [3.05, 3.63) is 10.6 Å². The van der Waals surface area contributed by atoms with Crippen LogP contribution in [-0.4, -0.2) is 31.9 Å². The van der Waals surface area contributed by atoms with Crippen molar-refractivity contribution < 1.29 is 5.11 Å².